The summed E-state index contributed by atoms with van der Waals surface area (Å²) in [5, 5.41) is 0. The predicted octanol–water partition coefficient (Wildman–Crippen LogP) is 4.75. The molecule has 0 unspecified atom stereocenters. The third-order valence-corrected chi connectivity index (χ3v) is 4.05. The van der Waals surface area contributed by atoms with Crippen molar-refractivity contribution in [3.8, 4) is 0 Å². The van der Waals surface area contributed by atoms with E-state index in [1.165, 1.54) is 6.07 Å². The first-order valence-electron chi connectivity index (χ1n) is 2.95. The lowest BCUT2D eigenvalue weighted by Crippen LogP contribution is -1.89. The second kappa shape index (κ2) is 4.32. The van der Waals surface area contributed by atoms with Gasteiger partial charge < -0.3 is 0 Å². The van der Waals surface area contributed by atoms with Crippen molar-refractivity contribution in [1.82, 2.24) is 0 Å². The fourth-order valence-electron chi connectivity index (χ4n) is 0.705. The molecule has 66 valence electrons. The number of rotatable bonds is 1. The molecule has 0 nitrogen and oxygen atoms in total. The zero-order valence-electron chi connectivity index (χ0n) is 5.62. The van der Waals surface area contributed by atoms with E-state index in [9.17, 15) is 8.78 Å². The molecule has 1 aromatic rings. The Morgan fingerprint density at radius 3 is 2.17 bits per heavy atom. The van der Waals surface area contributed by atoms with Crippen LogP contribution in [0, 0.1) is 3.57 Å². The zero-order chi connectivity index (χ0) is 9.30. The van der Waals surface area contributed by atoms with Crippen LogP contribution in [0.4, 0.5) is 8.78 Å². The number of hydrogen-bond acceptors (Lipinski definition) is 0. The largest absolute Gasteiger partial charge is 0.264 e. The van der Waals surface area contributed by atoms with Gasteiger partial charge in [-0.25, -0.2) is 8.78 Å². The summed E-state index contributed by atoms with van der Waals surface area (Å²) in [7, 11) is 0. The summed E-state index contributed by atoms with van der Waals surface area (Å²) in [6, 6.07) is 3.09. The lowest BCUT2D eigenvalue weighted by Gasteiger charge is -2.05. The Labute approximate surface area is 99.1 Å². The molecule has 0 saturated carbocycles. The van der Waals surface area contributed by atoms with E-state index in [4.69, 9.17) is 0 Å². The van der Waals surface area contributed by atoms with Gasteiger partial charge in [-0.3, -0.25) is 0 Å². The van der Waals surface area contributed by atoms with Crippen molar-refractivity contribution in [3.63, 3.8) is 0 Å². The molecule has 0 aromatic heterocycles. The molecule has 0 aliphatic heterocycles. The Kier molecular flexibility index (Phi) is 3.91. The molecule has 0 aliphatic carbocycles. The molecule has 0 radical (unpaired) electrons. The van der Waals surface area contributed by atoms with E-state index < -0.39 is 6.43 Å². The molecule has 5 heteroatoms. The average molecular weight is 412 g/mol. The highest BCUT2D eigenvalue weighted by Gasteiger charge is 2.13. The van der Waals surface area contributed by atoms with Gasteiger partial charge in [0.25, 0.3) is 6.43 Å². The van der Waals surface area contributed by atoms with Crippen LogP contribution in [0.15, 0.2) is 21.1 Å². The van der Waals surface area contributed by atoms with E-state index in [2.05, 4.69) is 31.9 Å². The van der Waals surface area contributed by atoms with Crippen molar-refractivity contribution in [2.75, 3.05) is 0 Å². The zero-order valence-corrected chi connectivity index (χ0v) is 11.0. The van der Waals surface area contributed by atoms with Crippen LogP contribution in [-0.2, 0) is 0 Å². The molecule has 1 rings (SSSR count). The smallest absolute Gasteiger partial charge is 0.205 e. The molecule has 0 spiro atoms. The molecule has 1 aromatic carbocycles. The third-order valence-electron chi connectivity index (χ3n) is 1.27. The van der Waals surface area contributed by atoms with Crippen LogP contribution in [0.2, 0.25) is 0 Å². The molecule has 0 N–H and O–H groups in total. The van der Waals surface area contributed by atoms with Gasteiger partial charge in [0, 0.05) is 18.1 Å². The molecule has 0 bridgehead atoms. The second-order valence-corrected chi connectivity index (χ2v) is 4.96. The van der Waals surface area contributed by atoms with Crippen molar-refractivity contribution < 1.29 is 8.78 Å². The summed E-state index contributed by atoms with van der Waals surface area (Å²) in [6.45, 7) is 0. The topological polar surface area (TPSA) is 0 Å². The van der Waals surface area contributed by atoms with E-state index >= 15 is 0 Å². The first-order chi connectivity index (χ1) is 5.52. The van der Waals surface area contributed by atoms with Crippen molar-refractivity contribution in [3.05, 3.63) is 30.2 Å². The Bertz CT molecular complexity index is 302. The summed E-state index contributed by atoms with van der Waals surface area (Å²) < 4.78 is 26.6. The SMILES string of the molecule is FC(F)c1cc(Br)c(Br)cc1I. The first-order valence-corrected chi connectivity index (χ1v) is 5.61. The highest BCUT2D eigenvalue weighted by molar-refractivity contribution is 14.1. The van der Waals surface area contributed by atoms with Crippen LogP contribution in [0.3, 0.4) is 0 Å². The van der Waals surface area contributed by atoms with Crippen molar-refractivity contribution >= 4 is 54.5 Å². The standard InChI is InChI=1S/C7H3Br2F2I/c8-4-1-3(7(10)11)6(12)2-5(4)9/h1-2,7H. The summed E-state index contributed by atoms with van der Waals surface area (Å²) >= 11 is 8.28. The summed E-state index contributed by atoms with van der Waals surface area (Å²) in [5.74, 6) is 0. The van der Waals surface area contributed by atoms with Gasteiger partial charge in [-0.05, 0) is 66.6 Å². The fourth-order valence-corrected chi connectivity index (χ4v) is 2.54. The molecule has 12 heavy (non-hydrogen) atoms. The van der Waals surface area contributed by atoms with E-state index in [0.29, 0.717) is 8.04 Å². The minimum absolute atomic E-state index is 0.0608. The maximum Gasteiger partial charge on any atom is 0.264 e. The monoisotopic (exact) mass is 410 g/mol. The van der Waals surface area contributed by atoms with Crippen LogP contribution < -0.4 is 0 Å². The van der Waals surface area contributed by atoms with Gasteiger partial charge in [-0.15, -0.1) is 0 Å². The minimum Gasteiger partial charge on any atom is -0.205 e. The maximum absolute atomic E-state index is 12.3. The van der Waals surface area contributed by atoms with Crippen LogP contribution >= 0.6 is 54.5 Å². The van der Waals surface area contributed by atoms with Crippen LogP contribution in [-0.4, -0.2) is 0 Å². The molecular formula is C7H3Br2F2I. The van der Waals surface area contributed by atoms with Crippen molar-refractivity contribution in [1.29, 1.82) is 0 Å². The van der Waals surface area contributed by atoms with Crippen molar-refractivity contribution in [2.24, 2.45) is 0 Å². The Morgan fingerprint density at radius 2 is 1.67 bits per heavy atom. The van der Waals surface area contributed by atoms with E-state index in [1.54, 1.807) is 6.07 Å². The molecular weight excluding hydrogens is 409 g/mol. The van der Waals surface area contributed by atoms with Crippen LogP contribution in [0.5, 0.6) is 0 Å². The maximum atomic E-state index is 12.3. The molecule has 0 saturated heterocycles. The normalized spacial score (nSPS) is 10.8. The highest BCUT2D eigenvalue weighted by atomic mass is 127. The lowest BCUT2D eigenvalue weighted by molar-refractivity contribution is 0.150. The fraction of sp³-hybridized carbons (Fsp3) is 0.143. The van der Waals surface area contributed by atoms with Gasteiger partial charge in [0.15, 0.2) is 0 Å². The van der Waals surface area contributed by atoms with Crippen LogP contribution in [0.25, 0.3) is 0 Å². The lowest BCUT2D eigenvalue weighted by atomic mass is 10.2. The molecule has 0 amide bonds. The van der Waals surface area contributed by atoms with Crippen LogP contribution in [0.1, 0.15) is 12.0 Å². The number of halogens is 5. The molecule has 0 fully saturated rings. The van der Waals surface area contributed by atoms with E-state index in [-0.39, 0.29) is 5.56 Å². The van der Waals surface area contributed by atoms with Gasteiger partial charge in [0.1, 0.15) is 0 Å². The van der Waals surface area contributed by atoms with Gasteiger partial charge >= 0.3 is 0 Å². The van der Waals surface area contributed by atoms with E-state index in [1.807, 2.05) is 22.6 Å². The minimum atomic E-state index is -2.42. The first kappa shape index (κ1) is 10.8. The van der Waals surface area contributed by atoms with Crippen molar-refractivity contribution in [2.45, 2.75) is 6.43 Å². The molecule has 0 heterocycles. The molecule has 0 aliphatic rings. The summed E-state index contributed by atoms with van der Waals surface area (Å²) in [5.41, 5.74) is 0.0608. The van der Waals surface area contributed by atoms with Gasteiger partial charge in [0.05, 0.1) is 0 Å². The Hall–Kier alpha value is 0.770. The Morgan fingerprint density at radius 1 is 1.17 bits per heavy atom. The quantitative estimate of drug-likeness (QED) is 0.462. The predicted molar refractivity (Wildman–Crippen MR) is 59.5 cm³/mol. The number of benzene rings is 1. The average Bonchev–Trinajstić information content (AvgIpc) is 1.96. The summed E-state index contributed by atoms with van der Waals surface area (Å²) in [6.07, 6.45) is -2.42. The number of hydrogen-bond donors (Lipinski definition) is 0. The molecule has 0 atom stereocenters. The van der Waals surface area contributed by atoms with Gasteiger partial charge in [0.2, 0.25) is 0 Å². The van der Waals surface area contributed by atoms with Gasteiger partial charge in [-0.2, -0.15) is 0 Å². The second-order valence-electron chi connectivity index (χ2n) is 2.09. The Balaban J connectivity index is 3.23. The summed E-state index contributed by atoms with van der Waals surface area (Å²) in [4.78, 5) is 0. The number of alkyl halides is 2. The highest BCUT2D eigenvalue weighted by Crippen LogP contribution is 2.32. The van der Waals surface area contributed by atoms with E-state index in [0.717, 1.165) is 4.47 Å². The third kappa shape index (κ3) is 2.38. The van der Waals surface area contributed by atoms with Gasteiger partial charge in [-0.1, -0.05) is 0 Å².